The fourth-order valence-electron chi connectivity index (χ4n) is 3.97. The Bertz CT molecular complexity index is 1110. The van der Waals surface area contributed by atoms with Crippen molar-refractivity contribution < 1.29 is 9.84 Å². The Balaban J connectivity index is 1.30. The van der Waals surface area contributed by atoms with Gasteiger partial charge in [-0.25, -0.2) is 14.5 Å². The van der Waals surface area contributed by atoms with Crippen LogP contribution in [0, 0.1) is 0 Å². The zero-order chi connectivity index (χ0) is 19.6. The Labute approximate surface area is 167 Å². The fraction of sp³-hybridized carbons (Fsp3) is 0.400. The minimum absolute atomic E-state index is 0.0804. The summed E-state index contributed by atoms with van der Waals surface area (Å²) < 4.78 is 7.37. The van der Waals surface area contributed by atoms with E-state index in [1.54, 1.807) is 10.8 Å². The summed E-state index contributed by atoms with van der Waals surface area (Å²) >= 11 is 0. The van der Waals surface area contributed by atoms with Gasteiger partial charge in [0.05, 0.1) is 19.3 Å². The van der Waals surface area contributed by atoms with Crippen molar-refractivity contribution in [3.05, 3.63) is 37.1 Å². The van der Waals surface area contributed by atoms with Gasteiger partial charge in [0.2, 0.25) is 5.95 Å². The summed E-state index contributed by atoms with van der Waals surface area (Å²) in [7, 11) is 0. The molecule has 150 valence electrons. The van der Waals surface area contributed by atoms with Gasteiger partial charge in [-0.15, -0.1) is 0 Å². The number of pyridine rings is 1. The number of aliphatic hydroxyl groups excluding tert-OH is 1. The number of nitrogens with one attached hydrogen (secondary N) is 2. The standard InChI is InChI=1S/C20H23N7O2/c28-7-8-29-15-3-1-14(2-4-15)25-20-22-11-17-16(10-21-19(17)26-20)13-5-6-27-18(9-13)23-12-24-27/h5-6,9-12,14-15,28H,1-4,7-8H2,(H2,21,22,25,26)/t14-,15+. The van der Waals surface area contributed by atoms with Gasteiger partial charge in [0, 0.05) is 35.6 Å². The van der Waals surface area contributed by atoms with E-state index in [1.165, 1.54) is 0 Å². The topological polar surface area (TPSA) is 113 Å². The molecule has 5 rings (SSSR count). The van der Waals surface area contributed by atoms with Gasteiger partial charge in [-0.2, -0.15) is 10.1 Å². The Hall–Kier alpha value is -3.04. The molecule has 9 heteroatoms. The number of rotatable bonds is 6. The van der Waals surface area contributed by atoms with Crippen molar-refractivity contribution in [2.24, 2.45) is 0 Å². The van der Waals surface area contributed by atoms with Gasteiger partial charge in [-0.05, 0) is 43.4 Å². The molecule has 0 atom stereocenters. The lowest BCUT2D eigenvalue weighted by molar-refractivity contribution is 0.00719. The van der Waals surface area contributed by atoms with Crippen LogP contribution in [0.15, 0.2) is 37.1 Å². The maximum atomic E-state index is 8.88. The van der Waals surface area contributed by atoms with Crippen LogP contribution in [0.3, 0.4) is 0 Å². The van der Waals surface area contributed by atoms with Crippen molar-refractivity contribution in [1.82, 2.24) is 29.5 Å². The molecule has 0 bridgehead atoms. The highest BCUT2D eigenvalue weighted by Crippen LogP contribution is 2.29. The third-order valence-electron chi connectivity index (χ3n) is 5.48. The highest BCUT2D eigenvalue weighted by Gasteiger charge is 2.22. The molecule has 0 spiro atoms. The minimum atomic E-state index is 0.0804. The summed E-state index contributed by atoms with van der Waals surface area (Å²) in [6.07, 6.45) is 11.5. The number of nitrogens with zero attached hydrogens (tertiary/aromatic N) is 5. The van der Waals surface area contributed by atoms with Crippen LogP contribution in [0.5, 0.6) is 0 Å². The number of aromatic amines is 1. The molecule has 4 heterocycles. The van der Waals surface area contributed by atoms with E-state index in [2.05, 4.69) is 30.4 Å². The molecule has 0 aromatic carbocycles. The number of aliphatic hydroxyl groups is 1. The first kappa shape index (κ1) is 18.0. The second-order valence-corrected chi connectivity index (χ2v) is 7.35. The van der Waals surface area contributed by atoms with Crippen molar-refractivity contribution in [2.45, 2.75) is 37.8 Å². The third kappa shape index (κ3) is 3.66. The molecule has 3 N–H and O–H groups in total. The van der Waals surface area contributed by atoms with E-state index in [0.717, 1.165) is 53.5 Å². The molecular formula is C20H23N7O2. The van der Waals surface area contributed by atoms with Crippen LogP contribution < -0.4 is 5.32 Å². The number of hydrogen-bond donors (Lipinski definition) is 3. The molecule has 4 aromatic heterocycles. The summed E-state index contributed by atoms with van der Waals surface area (Å²) in [4.78, 5) is 16.7. The number of anilines is 1. The van der Waals surface area contributed by atoms with Crippen LogP contribution in [-0.4, -0.2) is 60.0 Å². The van der Waals surface area contributed by atoms with Gasteiger partial charge in [-0.3, -0.25) is 0 Å². The third-order valence-corrected chi connectivity index (χ3v) is 5.48. The van der Waals surface area contributed by atoms with E-state index in [-0.39, 0.29) is 12.7 Å². The second-order valence-electron chi connectivity index (χ2n) is 7.35. The van der Waals surface area contributed by atoms with Crippen molar-refractivity contribution in [2.75, 3.05) is 18.5 Å². The molecule has 1 aliphatic carbocycles. The van der Waals surface area contributed by atoms with Gasteiger partial charge in [-0.1, -0.05) is 0 Å². The maximum absolute atomic E-state index is 8.88. The normalized spacial score (nSPS) is 19.8. The first-order valence-electron chi connectivity index (χ1n) is 9.93. The van der Waals surface area contributed by atoms with Gasteiger partial charge < -0.3 is 20.1 Å². The summed E-state index contributed by atoms with van der Waals surface area (Å²) in [5, 5.41) is 17.4. The van der Waals surface area contributed by atoms with Crippen LogP contribution in [-0.2, 0) is 4.74 Å². The van der Waals surface area contributed by atoms with Gasteiger partial charge in [0.15, 0.2) is 5.65 Å². The van der Waals surface area contributed by atoms with E-state index in [1.807, 2.05) is 30.7 Å². The van der Waals surface area contributed by atoms with Crippen LogP contribution in [0.4, 0.5) is 5.95 Å². The first-order chi connectivity index (χ1) is 14.3. The highest BCUT2D eigenvalue weighted by atomic mass is 16.5. The Kier molecular flexibility index (Phi) is 4.82. The van der Waals surface area contributed by atoms with E-state index in [0.29, 0.717) is 18.6 Å². The van der Waals surface area contributed by atoms with E-state index in [9.17, 15) is 0 Å². The van der Waals surface area contributed by atoms with Crippen LogP contribution in [0.25, 0.3) is 27.8 Å². The SMILES string of the molecule is OCCO[C@H]1CC[C@@H](Nc2ncc3c(-c4ccn5ncnc5c4)c[nH]c3n2)CC1. The number of ether oxygens (including phenoxy) is 1. The van der Waals surface area contributed by atoms with Crippen LogP contribution in [0.2, 0.25) is 0 Å². The first-order valence-corrected chi connectivity index (χ1v) is 9.93. The highest BCUT2D eigenvalue weighted by molar-refractivity contribution is 5.93. The molecule has 1 aliphatic rings. The molecule has 0 unspecified atom stereocenters. The Morgan fingerprint density at radius 2 is 2.14 bits per heavy atom. The molecule has 29 heavy (non-hydrogen) atoms. The zero-order valence-electron chi connectivity index (χ0n) is 16.0. The summed E-state index contributed by atoms with van der Waals surface area (Å²) in [5.74, 6) is 0.638. The molecule has 4 aromatic rings. The van der Waals surface area contributed by atoms with E-state index in [4.69, 9.17) is 9.84 Å². The second kappa shape index (κ2) is 7.76. The summed E-state index contributed by atoms with van der Waals surface area (Å²) in [5.41, 5.74) is 3.69. The van der Waals surface area contributed by atoms with Gasteiger partial charge in [0.1, 0.15) is 12.0 Å². The van der Waals surface area contributed by atoms with Crippen molar-refractivity contribution >= 4 is 22.6 Å². The molecule has 0 radical (unpaired) electrons. The molecular weight excluding hydrogens is 370 g/mol. The maximum Gasteiger partial charge on any atom is 0.224 e. The predicted molar refractivity (Wildman–Crippen MR) is 109 cm³/mol. The Morgan fingerprint density at radius 3 is 3.00 bits per heavy atom. The lowest BCUT2D eigenvalue weighted by Gasteiger charge is -2.28. The largest absolute Gasteiger partial charge is 0.394 e. The minimum Gasteiger partial charge on any atom is -0.394 e. The molecule has 0 aliphatic heterocycles. The van der Waals surface area contributed by atoms with E-state index >= 15 is 0 Å². The molecule has 0 saturated heterocycles. The number of hydrogen-bond acceptors (Lipinski definition) is 7. The summed E-state index contributed by atoms with van der Waals surface area (Å²) in [6.45, 7) is 0.499. The van der Waals surface area contributed by atoms with Crippen molar-refractivity contribution in [3.8, 4) is 11.1 Å². The molecule has 0 amide bonds. The zero-order valence-corrected chi connectivity index (χ0v) is 16.0. The number of H-pyrrole nitrogens is 1. The van der Waals surface area contributed by atoms with E-state index < -0.39 is 0 Å². The average Bonchev–Trinajstić information content (AvgIpc) is 3.39. The molecule has 1 fully saturated rings. The van der Waals surface area contributed by atoms with Crippen LogP contribution >= 0.6 is 0 Å². The smallest absolute Gasteiger partial charge is 0.224 e. The quantitative estimate of drug-likeness (QED) is 0.461. The van der Waals surface area contributed by atoms with Gasteiger partial charge in [0.25, 0.3) is 0 Å². The number of fused-ring (bicyclic) bond motifs is 2. The average molecular weight is 393 g/mol. The van der Waals surface area contributed by atoms with Crippen LogP contribution in [0.1, 0.15) is 25.7 Å². The van der Waals surface area contributed by atoms with Crippen molar-refractivity contribution in [1.29, 1.82) is 0 Å². The summed E-state index contributed by atoms with van der Waals surface area (Å²) in [6, 6.07) is 4.35. The van der Waals surface area contributed by atoms with Crippen molar-refractivity contribution in [3.63, 3.8) is 0 Å². The van der Waals surface area contributed by atoms with Gasteiger partial charge >= 0.3 is 0 Å². The predicted octanol–water partition coefficient (Wildman–Crippen LogP) is 2.40. The monoisotopic (exact) mass is 393 g/mol. The fourth-order valence-corrected chi connectivity index (χ4v) is 3.97. The molecule has 1 saturated carbocycles. The number of aromatic nitrogens is 6. The Morgan fingerprint density at radius 1 is 1.24 bits per heavy atom. The molecule has 9 nitrogen and oxygen atoms in total. The lowest BCUT2D eigenvalue weighted by atomic mass is 9.93. The lowest BCUT2D eigenvalue weighted by Crippen LogP contribution is -2.30.